The highest BCUT2D eigenvalue weighted by Crippen LogP contribution is 2.34. The Morgan fingerprint density at radius 1 is 1.38 bits per heavy atom. The quantitative estimate of drug-likeness (QED) is 0.656. The van der Waals surface area contributed by atoms with E-state index >= 15 is 0 Å². The van der Waals surface area contributed by atoms with Gasteiger partial charge in [-0.05, 0) is 25.7 Å². The molecule has 1 unspecified atom stereocenters. The monoisotopic (exact) mass is 221 g/mol. The van der Waals surface area contributed by atoms with Gasteiger partial charge >= 0.3 is 0 Å². The molecule has 2 nitrogen and oxygen atoms in total. The number of carbonyl (C=O) groups excluding carboxylic acids is 1. The van der Waals surface area contributed by atoms with Crippen molar-refractivity contribution in [1.82, 2.24) is 4.90 Å². The van der Waals surface area contributed by atoms with Gasteiger partial charge in [-0.3, -0.25) is 4.79 Å². The minimum Gasteiger partial charge on any atom is -0.336 e. The van der Waals surface area contributed by atoms with E-state index in [1.165, 1.54) is 0 Å². The molecule has 0 N–H and O–H groups in total. The van der Waals surface area contributed by atoms with E-state index in [1.807, 2.05) is 4.90 Å². The molecule has 1 atom stereocenters. The van der Waals surface area contributed by atoms with Crippen LogP contribution in [0.3, 0.4) is 0 Å². The third-order valence-corrected chi connectivity index (χ3v) is 3.05. The van der Waals surface area contributed by atoms with Crippen molar-refractivity contribution in [3.63, 3.8) is 0 Å². The molecule has 2 heteroatoms. The van der Waals surface area contributed by atoms with E-state index in [1.54, 1.807) is 0 Å². The second-order valence-corrected chi connectivity index (χ2v) is 6.62. The molecule has 1 amide bonds. The van der Waals surface area contributed by atoms with E-state index in [-0.39, 0.29) is 22.8 Å². The standard InChI is InChI=1S/C14H23NO/c1-7-11-8-12(16)15(9-11)14(5,6)10-13(2,3)4/h1,11H,8-10H2,2-6H3. The molecule has 1 fully saturated rings. The first kappa shape index (κ1) is 13.1. The first-order valence-corrected chi connectivity index (χ1v) is 5.92. The number of terminal acetylenes is 1. The lowest BCUT2D eigenvalue weighted by Crippen LogP contribution is -2.47. The molecule has 0 aliphatic carbocycles. The van der Waals surface area contributed by atoms with Crippen LogP contribution >= 0.6 is 0 Å². The summed E-state index contributed by atoms with van der Waals surface area (Å²) in [5, 5.41) is 0. The number of rotatable bonds is 2. The second kappa shape index (κ2) is 4.13. The van der Waals surface area contributed by atoms with E-state index in [4.69, 9.17) is 6.42 Å². The fourth-order valence-corrected chi connectivity index (χ4v) is 2.80. The van der Waals surface area contributed by atoms with Crippen molar-refractivity contribution in [2.24, 2.45) is 11.3 Å². The highest BCUT2D eigenvalue weighted by Gasteiger charge is 2.39. The Hall–Kier alpha value is -0.970. The van der Waals surface area contributed by atoms with Crippen LogP contribution < -0.4 is 0 Å². The highest BCUT2D eigenvalue weighted by molar-refractivity contribution is 5.80. The smallest absolute Gasteiger partial charge is 0.224 e. The third kappa shape index (κ3) is 3.01. The van der Waals surface area contributed by atoms with Crippen LogP contribution in [0.4, 0.5) is 0 Å². The van der Waals surface area contributed by atoms with Gasteiger partial charge < -0.3 is 4.90 Å². The zero-order valence-corrected chi connectivity index (χ0v) is 11.1. The van der Waals surface area contributed by atoms with E-state index in [2.05, 4.69) is 40.5 Å². The van der Waals surface area contributed by atoms with E-state index in [0.717, 1.165) is 13.0 Å². The topological polar surface area (TPSA) is 20.3 Å². The molecule has 1 rings (SSSR count). The maximum absolute atomic E-state index is 11.9. The summed E-state index contributed by atoms with van der Waals surface area (Å²) < 4.78 is 0. The van der Waals surface area contributed by atoms with Crippen LogP contribution in [0.15, 0.2) is 0 Å². The number of likely N-dealkylation sites (tertiary alicyclic amines) is 1. The van der Waals surface area contributed by atoms with Gasteiger partial charge in [-0.15, -0.1) is 12.3 Å². The Balaban J connectivity index is 2.77. The summed E-state index contributed by atoms with van der Waals surface area (Å²) in [5.41, 5.74) is 0.124. The van der Waals surface area contributed by atoms with Crippen molar-refractivity contribution in [3.8, 4) is 12.3 Å². The van der Waals surface area contributed by atoms with Crippen molar-refractivity contribution in [1.29, 1.82) is 0 Å². The maximum Gasteiger partial charge on any atom is 0.224 e. The number of hydrogen-bond donors (Lipinski definition) is 0. The van der Waals surface area contributed by atoms with Crippen molar-refractivity contribution in [2.75, 3.05) is 6.54 Å². The van der Waals surface area contributed by atoms with Gasteiger partial charge in [-0.1, -0.05) is 20.8 Å². The van der Waals surface area contributed by atoms with Crippen LogP contribution in [-0.4, -0.2) is 22.9 Å². The van der Waals surface area contributed by atoms with Crippen LogP contribution in [0.2, 0.25) is 0 Å². The van der Waals surface area contributed by atoms with Gasteiger partial charge in [0, 0.05) is 24.4 Å². The molecule has 1 aliphatic heterocycles. The van der Waals surface area contributed by atoms with Gasteiger partial charge in [-0.25, -0.2) is 0 Å². The molecule has 0 aromatic carbocycles. The molecule has 90 valence electrons. The normalized spacial score (nSPS) is 22.4. The lowest BCUT2D eigenvalue weighted by atomic mass is 9.81. The second-order valence-electron chi connectivity index (χ2n) is 6.62. The molecular formula is C14H23NO. The molecule has 0 aromatic heterocycles. The van der Waals surface area contributed by atoms with Crippen molar-refractivity contribution in [2.45, 2.75) is 53.0 Å². The zero-order valence-electron chi connectivity index (χ0n) is 11.1. The summed E-state index contributed by atoms with van der Waals surface area (Å²) >= 11 is 0. The number of amides is 1. The summed E-state index contributed by atoms with van der Waals surface area (Å²) in [6, 6.07) is 0. The van der Waals surface area contributed by atoms with Gasteiger partial charge in [0.05, 0.1) is 0 Å². The van der Waals surface area contributed by atoms with Gasteiger partial charge in [-0.2, -0.15) is 0 Å². The molecule has 0 spiro atoms. The first-order valence-electron chi connectivity index (χ1n) is 5.92. The Labute approximate surface area is 99.4 Å². The Morgan fingerprint density at radius 2 is 1.94 bits per heavy atom. The van der Waals surface area contributed by atoms with Crippen LogP contribution in [0.1, 0.15) is 47.5 Å². The molecule has 0 aromatic rings. The molecule has 16 heavy (non-hydrogen) atoms. The fraction of sp³-hybridized carbons (Fsp3) is 0.786. The number of hydrogen-bond acceptors (Lipinski definition) is 1. The minimum absolute atomic E-state index is 0.0963. The number of nitrogens with zero attached hydrogens (tertiary/aromatic N) is 1. The lowest BCUT2D eigenvalue weighted by Gasteiger charge is -2.40. The average molecular weight is 221 g/mol. The van der Waals surface area contributed by atoms with E-state index in [9.17, 15) is 4.79 Å². The summed E-state index contributed by atoms with van der Waals surface area (Å²) in [6.45, 7) is 11.6. The van der Waals surface area contributed by atoms with Crippen LogP contribution in [0.25, 0.3) is 0 Å². The summed E-state index contributed by atoms with van der Waals surface area (Å²) in [6.07, 6.45) is 6.91. The van der Waals surface area contributed by atoms with Crippen molar-refractivity contribution < 1.29 is 4.79 Å². The molecule has 0 saturated carbocycles. The largest absolute Gasteiger partial charge is 0.336 e. The maximum atomic E-state index is 11.9. The molecule has 1 saturated heterocycles. The van der Waals surface area contributed by atoms with Crippen LogP contribution in [-0.2, 0) is 4.79 Å². The van der Waals surface area contributed by atoms with E-state index in [0.29, 0.717) is 6.42 Å². The first-order chi connectivity index (χ1) is 7.15. The highest BCUT2D eigenvalue weighted by atomic mass is 16.2. The van der Waals surface area contributed by atoms with Gasteiger partial charge in [0.2, 0.25) is 5.91 Å². The molecule has 0 radical (unpaired) electrons. The van der Waals surface area contributed by atoms with Gasteiger partial charge in [0.15, 0.2) is 0 Å². The average Bonchev–Trinajstić information content (AvgIpc) is 2.43. The predicted octanol–water partition coefficient (Wildman–Crippen LogP) is 2.68. The molecule has 1 heterocycles. The van der Waals surface area contributed by atoms with Crippen LogP contribution in [0, 0.1) is 23.7 Å². The van der Waals surface area contributed by atoms with Crippen molar-refractivity contribution >= 4 is 5.91 Å². The molecule has 0 bridgehead atoms. The van der Waals surface area contributed by atoms with Crippen LogP contribution in [0.5, 0.6) is 0 Å². The summed E-state index contributed by atoms with van der Waals surface area (Å²) in [7, 11) is 0. The zero-order chi connectivity index (χ0) is 12.6. The summed E-state index contributed by atoms with van der Waals surface area (Å²) in [5.74, 6) is 3.01. The SMILES string of the molecule is C#CC1CC(=O)N(C(C)(C)CC(C)(C)C)C1. The Morgan fingerprint density at radius 3 is 2.31 bits per heavy atom. The van der Waals surface area contributed by atoms with E-state index < -0.39 is 0 Å². The fourth-order valence-electron chi connectivity index (χ4n) is 2.80. The minimum atomic E-state index is -0.0963. The third-order valence-electron chi connectivity index (χ3n) is 3.05. The molecule has 1 aliphatic rings. The van der Waals surface area contributed by atoms with Crippen molar-refractivity contribution in [3.05, 3.63) is 0 Å². The van der Waals surface area contributed by atoms with Gasteiger partial charge in [0.1, 0.15) is 0 Å². The number of carbonyl (C=O) groups is 1. The van der Waals surface area contributed by atoms with Gasteiger partial charge in [0.25, 0.3) is 0 Å². The lowest BCUT2D eigenvalue weighted by molar-refractivity contribution is -0.133. The Kier molecular flexibility index (Phi) is 3.38. The predicted molar refractivity (Wildman–Crippen MR) is 66.8 cm³/mol. The Bertz CT molecular complexity index is 317. The molecular weight excluding hydrogens is 198 g/mol. The summed E-state index contributed by atoms with van der Waals surface area (Å²) in [4.78, 5) is 13.9.